The predicted molar refractivity (Wildman–Crippen MR) is 73.1 cm³/mol. The minimum Gasteiger partial charge on any atom is -0.389 e. The number of hydrogen-bond acceptors (Lipinski definition) is 4. The number of aliphatic hydroxyl groups is 2. The summed E-state index contributed by atoms with van der Waals surface area (Å²) in [6.45, 7) is 3.92. The summed E-state index contributed by atoms with van der Waals surface area (Å²) < 4.78 is 1.81. The SMILES string of the molecule is Cc1cc(C)n(-c2cccc(C(O)C(O)CN)c2)n1. The number of nitrogens with two attached hydrogens (primary N) is 1. The van der Waals surface area contributed by atoms with Crippen molar-refractivity contribution in [2.75, 3.05) is 6.54 Å². The summed E-state index contributed by atoms with van der Waals surface area (Å²) in [5.41, 5.74) is 8.79. The molecule has 0 fully saturated rings. The van der Waals surface area contributed by atoms with Crippen LogP contribution in [0, 0.1) is 13.8 Å². The number of aromatic nitrogens is 2. The highest BCUT2D eigenvalue weighted by atomic mass is 16.3. The van der Waals surface area contributed by atoms with Crippen molar-refractivity contribution in [2.24, 2.45) is 5.73 Å². The average molecular weight is 261 g/mol. The van der Waals surface area contributed by atoms with Crippen LogP contribution in [0.3, 0.4) is 0 Å². The number of aryl methyl sites for hydroxylation is 2. The van der Waals surface area contributed by atoms with E-state index in [0.717, 1.165) is 17.1 Å². The molecule has 5 heteroatoms. The van der Waals surface area contributed by atoms with E-state index in [4.69, 9.17) is 5.73 Å². The number of aliphatic hydroxyl groups excluding tert-OH is 2. The van der Waals surface area contributed by atoms with Crippen LogP contribution in [0.2, 0.25) is 0 Å². The smallest absolute Gasteiger partial charge is 0.106 e. The van der Waals surface area contributed by atoms with E-state index in [0.29, 0.717) is 5.56 Å². The first-order chi connectivity index (χ1) is 9.02. The van der Waals surface area contributed by atoms with Crippen LogP contribution in [0.1, 0.15) is 23.1 Å². The van der Waals surface area contributed by atoms with Crippen molar-refractivity contribution in [3.8, 4) is 5.69 Å². The highest BCUT2D eigenvalue weighted by Crippen LogP contribution is 2.20. The monoisotopic (exact) mass is 261 g/mol. The molecule has 0 aliphatic rings. The molecule has 0 bridgehead atoms. The van der Waals surface area contributed by atoms with Gasteiger partial charge in [-0.2, -0.15) is 5.10 Å². The van der Waals surface area contributed by atoms with E-state index in [1.807, 2.05) is 38.1 Å². The molecular formula is C14H19N3O2. The van der Waals surface area contributed by atoms with Crippen LogP contribution in [-0.2, 0) is 0 Å². The first-order valence-electron chi connectivity index (χ1n) is 6.22. The summed E-state index contributed by atoms with van der Waals surface area (Å²) in [5, 5.41) is 24.0. The third-order valence-corrected chi connectivity index (χ3v) is 3.07. The minimum atomic E-state index is -0.984. The second-order valence-electron chi connectivity index (χ2n) is 4.68. The van der Waals surface area contributed by atoms with Crippen molar-refractivity contribution >= 4 is 0 Å². The van der Waals surface area contributed by atoms with Gasteiger partial charge in [0.25, 0.3) is 0 Å². The maximum atomic E-state index is 9.98. The Balaban J connectivity index is 2.37. The Bertz CT molecular complexity index is 566. The molecule has 2 atom stereocenters. The van der Waals surface area contributed by atoms with E-state index in [1.165, 1.54) is 0 Å². The molecule has 0 saturated carbocycles. The van der Waals surface area contributed by atoms with E-state index < -0.39 is 12.2 Å². The molecule has 5 nitrogen and oxygen atoms in total. The molecule has 1 aromatic heterocycles. The van der Waals surface area contributed by atoms with Gasteiger partial charge in [-0.05, 0) is 37.6 Å². The minimum absolute atomic E-state index is 0.0191. The number of hydrogen-bond donors (Lipinski definition) is 3. The van der Waals surface area contributed by atoms with Crippen molar-refractivity contribution in [3.05, 3.63) is 47.3 Å². The molecular weight excluding hydrogens is 242 g/mol. The summed E-state index contributed by atoms with van der Waals surface area (Å²) in [7, 11) is 0. The van der Waals surface area contributed by atoms with Crippen LogP contribution in [0.25, 0.3) is 5.69 Å². The fraction of sp³-hybridized carbons (Fsp3) is 0.357. The Morgan fingerprint density at radius 1 is 1.26 bits per heavy atom. The van der Waals surface area contributed by atoms with Crippen LogP contribution in [0.4, 0.5) is 0 Å². The lowest BCUT2D eigenvalue weighted by Gasteiger charge is -2.17. The van der Waals surface area contributed by atoms with Gasteiger partial charge in [-0.15, -0.1) is 0 Å². The lowest BCUT2D eigenvalue weighted by atomic mass is 10.0. The predicted octanol–water partition coefficient (Wildman–Crippen LogP) is 0.842. The quantitative estimate of drug-likeness (QED) is 0.761. The van der Waals surface area contributed by atoms with E-state index in [2.05, 4.69) is 5.10 Å². The maximum absolute atomic E-state index is 9.98. The second kappa shape index (κ2) is 5.52. The normalized spacial score (nSPS) is 14.4. The zero-order chi connectivity index (χ0) is 14.0. The molecule has 0 amide bonds. The molecule has 0 radical (unpaired) electrons. The van der Waals surface area contributed by atoms with Crippen LogP contribution >= 0.6 is 0 Å². The molecule has 1 heterocycles. The summed E-state index contributed by atoms with van der Waals surface area (Å²) in [6, 6.07) is 9.29. The molecule has 2 rings (SSSR count). The Morgan fingerprint density at radius 2 is 2.00 bits per heavy atom. The second-order valence-corrected chi connectivity index (χ2v) is 4.68. The van der Waals surface area contributed by atoms with Gasteiger partial charge in [-0.3, -0.25) is 0 Å². The standard InChI is InChI=1S/C14H19N3O2/c1-9-6-10(2)17(16-9)12-5-3-4-11(7-12)14(19)13(18)8-15/h3-7,13-14,18-19H,8,15H2,1-2H3. The molecule has 2 unspecified atom stereocenters. The Kier molecular flexibility index (Phi) is 3.99. The first kappa shape index (κ1) is 13.7. The first-order valence-corrected chi connectivity index (χ1v) is 6.22. The van der Waals surface area contributed by atoms with Gasteiger partial charge < -0.3 is 15.9 Å². The fourth-order valence-corrected chi connectivity index (χ4v) is 2.08. The van der Waals surface area contributed by atoms with Gasteiger partial charge in [0.15, 0.2) is 0 Å². The summed E-state index contributed by atoms with van der Waals surface area (Å²) in [5.74, 6) is 0. The lowest BCUT2D eigenvalue weighted by molar-refractivity contribution is 0.0243. The Hall–Kier alpha value is -1.69. The van der Waals surface area contributed by atoms with Crippen molar-refractivity contribution < 1.29 is 10.2 Å². The summed E-state index contributed by atoms with van der Waals surface area (Å²) in [4.78, 5) is 0. The van der Waals surface area contributed by atoms with Crippen molar-refractivity contribution in [3.63, 3.8) is 0 Å². The van der Waals surface area contributed by atoms with Crippen LogP contribution < -0.4 is 5.73 Å². The molecule has 0 aliphatic heterocycles. The third kappa shape index (κ3) is 2.84. The highest BCUT2D eigenvalue weighted by Gasteiger charge is 2.17. The van der Waals surface area contributed by atoms with Gasteiger partial charge in [0.05, 0.1) is 17.5 Å². The molecule has 19 heavy (non-hydrogen) atoms. The van der Waals surface area contributed by atoms with E-state index in [-0.39, 0.29) is 6.54 Å². The number of benzene rings is 1. The maximum Gasteiger partial charge on any atom is 0.106 e. The van der Waals surface area contributed by atoms with E-state index >= 15 is 0 Å². The number of nitrogens with zero attached hydrogens (tertiary/aromatic N) is 2. The highest BCUT2D eigenvalue weighted by molar-refractivity contribution is 5.38. The van der Waals surface area contributed by atoms with Gasteiger partial charge in [0.1, 0.15) is 6.10 Å². The van der Waals surface area contributed by atoms with Crippen molar-refractivity contribution in [2.45, 2.75) is 26.1 Å². The topological polar surface area (TPSA) is 84.3 Å². The van der Waals surface area contributed by atoms with Gasteiger partial charge in [-0.1, -0.05) is 12.1 Å². The number of rotatable bonds is 4. The van der Waals surface area contributed by atoms with Crippen LogP contribution in [0.5, 0.6) is 0 Å². The fourth-order valence-electron chi connectivity index (χ4n) is 2.08. The van der Waals surface area contributed by atoms with Crippen LogP contribution in [0.15, 0.2) is 30.3 Å². The Labute approximate surface area is 112 Å². The summed E-state index contributed by atoms with van der Waals surface area (Å²) >= 11 is 0. The molecule has 2 aromatic rings. The molecule has 102 valence electrons. The summed E-state index contributed by atoms with van der Waals surface area (Å²) in [6.07, 6.45) is -1.95. The molecule has 4 N–H and O–H groups in total. The van der Waals surface area contributed by atoms with E-state index in [1.54, 1.807) is 10.7 Å². The van der Waals surface area contributed by atoms with Gasteiger partial charge in [0, 0.05) is 12.2 Å². The van der Waals surface area contributed by atoms with E-state index in [9.17, 15) is 10.2 Å². The van der Waals surface area contributed by atoms with Gasteiger partial charge >= 0.3 is 0 Å². The lowest BCUT2D eigenvalue weighted by Crippen LogP contribution is -2.27. The van der Waals surface area contributed by atoms with Crippen molar-refractivity contribution in [1.29, 1.82) is 0 Å². The van der Waals surface area contributed by atoms with Gasteiger partial charge in [0.2, 0.25) is 0 Å². The molecule has 0 aliphatic carbocycles. The zero-order valence-electron chi connectivity index (χ0n) is 11.1. The largest absolute Gasteiger partial charge is 0.389 e. The third-order valence-electron chi connectivity index (χ3n) is 3.07. The average Bonchev–Trinajstić information content (AvgIpc) is 2.76. The molecule has 1 aromatic carbocycles. The molecule has 0 saturated heterocycles. The Morgan fingerprint density at radius 3 is 2.58 bits per heavy atom. The van der Waals surface area contributed by atoms with Crippen molar-refractivity contribution in [1.82, 2.24) is 9.78 Å². The van der Waals surface area contributed by atoms with Gasteiger partial charge in [-0.25, -0.2) is 4.68 Å². The zero-order valence-corrected chi connectivity index (χ0v) is 11.1. The van der Waals surface area contributed by atoms with Crippen LogP contribution in [-0.4, -0.2) is 32.6 Å². The molecule has 0 spiro atoms.